The Bertz CT molecular complexity index is 525. The molecule has 0 radical (unpaired) electrons. The molecule has 0 amide bonds. The molecule has 0 unspecified atom stereocenters. The number of hydrogen-bond acceptors (Lipinski definition) is 15. The lowest BCUT2D eigenvalue weighted by atomic mass is 10.8. The van der Waals surface area contributed by atoms with Crippen molar-refractivity contribution in [1.82, 2.24) is 0 Å². The topological polar surface area (TPSA) is 178 Å². The highest BCUT2D eigenvalue weighted by atomic mass is 16.5. The Morgan fingerprint density at radius 2 is 0.309 bits per heavy atom. The van der Waals surface area contributed by atoms with Gasteiger partial charge in [-0.15, -0.1) is 0 Å². The molecular weight excluding hydrogens is 720 g/mol. The van der Waals surface area contributed by atoms with Crippen LogP contribution in [0.4, 0.5) is 0 Å². The predicted octanol–water partition coefficient (Wildman–Crippen LogP) is 8.06. The Morgan fingerprint density at radius 1 is 0.218 bits per heavy atom. The first-order chi connectivity index (χ1) is 25.9. The first-order valence-corrected chi connectivity index (χ1v) is 19.5. The molecule has 15 heteroatoms. The SMILES string of the molecule is CCOC(C)=O.CCOC(C)=O.CCOC(C)=O.CCOC(C)=O.CCOC(C)=O.CCOCC.CCOCC.CCOCC.CCOCC.CCOCC. The molecule has 0 bridgehead atoms. The average Bonchev–Trinajstić information content (AvgIpc) is 3.09. The van der Waals surface area contributed by atoms with E-state index in [0.29, 0.717) is 33.0 Å². The zero-order valence-electron chi connectivity index (χ0n) is 39.2. The molecule has 15 nitrogen and oxygen atoms in total. The first-order valence-electron chi connectivity index (χ1n) is 19.5. The summed E-state index contributed by atoms with van der Waals surface area (Å²) < 4.78 is 46.2. The van der Waals surface area contributed by atoms with Crippen LogP contribution >= 0.6 is 0 Å². The predicted molar refractivity (Wildman–Crippen MR) is 222 cm³/mol. The third kappa shape index (κ3) is 252. The van der Waals surface area contributed by atoms with Crippen LogP contribution in [0.15, 0.2) is 0 Å². The molecule has 0 aromatic heterocycles. The summed E-state index contributed by atoms with van der Waals surface area (Å²) in [6.07, 6.45) is 0. The normalized spacial score (nSPS) is 8.00. The van der Waals surface area contributed by atoms with Gasteiger partial charge in [0.25, 0.3) is 0 Å². The fraction of sp³-hybridized carbons (Fsp3) is 0.875. The van der Waals surface area contributed by atoms with Crippen molar-refractivity contribution in [3.05, 3.63) is 0 Å². The van der Waals surface area contributed by atoms with Crippen molar-refractivity contribution in [3.63, 3.8) is 0 Å². The molecule has 0 fully saturated rings. The highest BCUT2D eigenvalue weighted by Gasteiger charge is 1.84. The van der Waals surface area contributed by atoms with Crippen LogP contribution in [-0.2, 0) is 71.3 Å². The van der Waals surface area contributed by atoms with Crippen LogP contribution in [0.2, 0.25) is 0 Å². The summed E-state index contributed by atoms with van der Waals surface area (Å²) in [6.45, 7) is 46.6. The van der Waals surface area contributed by atoms with Crippen molar-refractivity contribution in [2.75, 3.05) is 99.1 Å². The fourth-order valence-electron chi connectivity index (χ4n) is 2.04. The molecular formula is C40H90O15. The molecule has 0 saturated heterocycles. The molecule has 0 aromatic rings. The maximum atomic E-state index is 9.82. The largest absolute Gasteiger partial charge is 0.466 e. The molecule has 0 aliphatic carbocycles. The summed E-state index contributed by atoms with van der Waals surface area (Å²) in [5.41, 5.74) is 0. The van der Waals surface area contributed by atoms with Gasteiger partial charge in [0.1, 0.15) is 0 Å². The van der Waals surface area contributed by atoms with Crippen molar-refractivity contribution >= 4 is 29.8 Å². The molecule has 0 atom stereocenters. The van der Waals surface area contributed by atoms with Crippen molar-refractivity contribution in [3.8, 4) is 0 Å². The van der Waals surface area contributed by atoms with Crippen LogP contribution in [0, 0.1) is 0 Å². The smallest absolute Gasteiger partial charge is 0.302 e. The number of carbonyl (C=O) groups is 5. The number of ether oxygens (including phenoxy) is 10. The van der Waals surface area contributed by atoms with Gasteiger partial charge in [-0.05, 0) is 104 Å². The molecule has 0 rings (SSSR count). The van der Waals surface area contributed by atoms with Crippen LogP contribution in [0.1, 0.15) is 138 Å². The molecule has 0 heterocycles. The second-order valence-electron chi connectivity index (χ2n) is 8.53. The Balaban J connectivity index is -0.0000000512. The highest BCUT2D eigenvalue weighted by molar-refractivity contribution is 5.66. The van der Waals surface area contributed by atoms with Crippen LogP contribution in [0.3, 0.4) is 0 Å². The van der Waals surface area contributed by atoms with E-state index in [4.69, 9.17) is 23.7 Å². The Hall–Kier alpha value is -2.85. The minimum Gasteiger partial charge on any atom is -0.466 e. The van der Waals surface area contributed by atoms with Crippen LogP contribution < -0.4 is 0 Å². The van der Waals surface area contributed by atoms with Gasteiger partial charge in [-0.3, -0.25) is 24.0 Å². The van der Waals surface area contributed by atoms with Gasteiger partial charge in [0.15, 0.2) is 0 Å². The molecule has 0 N–H and O–H groups in total. The summed E-state index contributed by atoms with van der Waals surface area (Å²) >= 11 is 0. The zero-order valence-corrected chi connectivity index (χ0v) is 39.2. The second kappa shape index (κ2) is 93.2. The van der Waals surface area contributed by atoms with E-state index in [2.05, 4.69) is 23.7 Å². The monoisotopic (exact) mass is 811 g/mol. The van der Waals surface area contributed by atoms with E-state index in [1.807, 2.05) is 69.2 Å². The first kappa shape index (κ1) is 76.8. The van der Waals surface area contributed by atoms with Crippen molar-refractivity contribution < 1.29 is 71.3 Å². The van der Waals surface area contributed by atoms with E-state index in [-0.39, 0.29) is 29.8 Å². The quantitative estimate of drug-likeness (QED) is 0.114. The van der Waals surface area contributed by atoms with Gasteiger partial charge in [-0.2, -0.15) is 0 Å². The molecule has 0 saturated carbocycles. The van der Waals surface area contributed by atoms with Crippen molar-refractivity contribution in [2.24, 2.45) is 0 Å². The molecule has 0 aliphatic rings. The molecule has 340 valence electrons. The fourth-order valence-corrected chi connectivity index (χ4v) is 2.04. The lowest BCUT2D eigenvalue weighted by Gasteiger charge is -1.89. The zero-order chi connectivity index (χ0) is 45.6. The maximum absolute atomic E-state index is 9.82. The van der Waals surface area contributed by atoms with Crippen molar-refractivity contribution in [2.45, 2.75) is 138 Å². The van der Waals surface area contributed by atoms with Gasteiger partial charge in [-0.1, -0.05) is 0 Å². The Kier molecular flexibility index (Phi) is 130. The number of rotatable bonds is 15. The van der Waals surface area contributed by atoms with Gasteiger partial charge in [-0.25, -0.2) is 0 Å². The van der Waals surface area contributed by atoms with Crippen LogP contribution in [0.25, 0.3) is 0 Å². The number of carbonyl (C=O) groups excluding carboxylic acids is 5. The van der Waals surface area contributed by atoms with Crippen molar-refractivity contribution in [1.29, 1.82) is 0 Å². The molecule has 0 aliphatic heterocycles. The Labute approximate surface area is 338 Å². The minimum absolute atomic E-state index is 0.211. The summed E-state index contributed by atoms with van der Waals surface area (Å²) in [7, 11) is 0. The molecule has 0 aromatic carbocycles. The lowest BCUT2D eigenvalue weighted by molar-refractivity contribution is -0.141. The molecule has 0 spiro atoms. The third-order valence-electron chi connectivity index (χ3n) is 3.78. The average molecular weight is 811 g/mol. The van der Waals surface area contributed by atoms with Gasteiger partial charge in [0.2, 0.25) is 0 Å². The van der Waals surface area contributed by atoms with Gasteiger partial charge < -0.3 is 47.4 Å². The van der Waals surface area contributed by atoms with E-state index >= 15 is 0 Å². The van der Waals surface area contributed by atoms with E-state index < -0.39 is 0 Å². The minimum atomic E-state index is -0.211. The Morgan fingerprint density at radius 3 is 0.309 bits per heavy atom. The second-order valence-corrected chi connectivity index (χ2v) is 8.53. The maximum Gasteiger partial charge on any atom is 0.302 e. The van der Waals surface area contributed by atoms with E-state index in [9.17, 15) is 24.0 Å². The summed E-state index contributed by atoms with van der Waals surface area (Å²) in [5.74, 6) is -1.05. The van der Waals surface area contributed by atoms with Gasteiger partial charge in [0, 0.05) is 101 Å². The van der Waals surface area contributed by atoms with Gasteiger partial charge in [0.05, 0.1) is 33.0 Å². The summed E-state index contributed by atoms with van der Waals surface area (Å²) in [6, 6.07) is 0. The lowest BCUT2D eigenvalue weighted by Crippen LogP contribution is -1.95. The summed E-state index contributed by atoms with van der Waals surface area (Å²) in [5, 5.41) is 0. The third-order valence-corrected chi connectivity index (χ3v) is 3.78. The van der Waals surface area contributed by atoms with E-state index in [1.54, 1.807) is 34.6 Å². The standard InChI is InChI=1S/5C4H8O2.5C4H10O/c5*1-3-6-4(2)5;5*1-3-5-4-2/h5*3H2,1-2H3;5*3-4H2,1-2H3. The van der Waals surface area contributed by atoms with E-state index in [1.165, 1.54) is 34.6 Å². The van der Waals surface area contributed by atoms with Crippen LogP contribution in [-0.4, -0.2) is 129 Å². The summed E-state index contributed by atoms with van der Waals surface area (Å²) in [4.78, 5) is 49.1. The van der Waals surface area contributed by atoms with E-state index in [0.717, 1.165) is 66.1 Å². The number of hydrogen-bond donors (Lipinski definition) is 0. The highest BCUT2D eigenvalue weighted by Crippen LogP contribution is 1.72. The number of esters is 5. The van der Waals surface area contributed by atoms with Crippen LogP contribution in [0.5, 0.6) is 0 Å². The molecule has 55 heavy (non-hydrogen) atoms. The van der Waals surface area contributed by atoms with Gasteiger partial charge >= 0.3 is 29.8 Å².